The van der Waals surface area contributed by atoms with E-state index in [-0.39, 0.29) is 18.0 Å². The van der Waals surface area contributed by atoms with E-state index in [2.05, 4.69) is 4.98 Å². The Morgan fingerprint density at radius 1 is 1.32 bits per heavy atom. The van der Waals surface area contributed by atoms with Crippen molar-refractivity contribution in [3.8, 4) is 5.88 Å². The van der Waals surface area contributed by atoms with Crippen LogP contribution in [-0.4, -0.2) is 25.7 Å². The van der Waals surface area contributed by atoms with Gasteiger partial charge in [-0.1, -0.05) is 12.1 Å². The van der Waals surface area contributed by atoms with Gasteiger partial charge in [-0.15, -0.1) is 0 Å². The molecule has 100 valence electrons. The minimum atomic E-state index is -1.20. The second-order valence-electron chi connectivity index (χ2n) is 4.13. The van der Waals surface area contributed by atoms with E-state index in [1.54, 1.807) is 24.3 Å². The van der Waals surface area contributed by atoms with Crippen LogP contribution in [0, 0.1) is 0 Å². The molecule has 7 heteroatoms. The molecule has 2 rings (SSSR count). The number of nitrogens with one attached hydrogen (secondary N) is 1. The van der Waals surface area contributed by atoms with Crippen LogP contribution >= 0.6 is 0 Å². The highest BCUT2D eigenvalue weighted by Gasteiger charge is 2.15. The first-order valence-electron chi connectivity index (χ1n) is 5.54. The monoisotopic (exact) mass is 263 g/mol. The Kier molecular flexibility index (Phi) is 3.28. The van der Waals surface area contributed by atoms with Gasteiger partial charge in [0, 0.05) is 12.1 Å². The second kappa shape index (κ2) is 4.89. The quantitative estimate of drug-likeness (QED) is 0.584. The third kappa shape index (κ3) is 2.76. The van der Waals surface area contributed by atoms with Crippen LogP contribution in [-0.2, 0) is 17.8 Å². The Hall–Kier alpha value is -2.70. The molecule has 0 spiro atoms. The van der Waals surface area contributed by atoms with Crippen molar-refractivity contribution in [2.75, 3.05) is 5.73 Å². The van der Waals surface area contributed by atoms with Gasteiger partial charge >= 0.3 is 11.7 Å². The second-order valence-corrected chi connectivity index (χ2v) is 4.13. The first-order chi connectivity index (χ1) is 8.97. The summed E-state index contributed by atoms with van der Waals surface area (Å²) in [6.07, 6.45) is 0.286. The van der Waals surface area contributed by atoms with Crippen molar-refractivity contribution in [3.05, 3.63) is 46.0 Å². The van der Waals surface area contributed by atoms with Crippen LogP contribution in [0.2, 0.25) is 0 Å². The molecule has 0 saturated carbocycles. The fourth-order valence-corrected chi connectivity index (χ4v) is 1.76. The number of carbonyl (C=O) groups is 1. The first-order valence-corrected chi connectivity index (χ1v) is 5.54. The highest BCUT2D eigenvalue weighted by atomic mass is 16.4. The van der Waals surface area contributed by atoms with Crippen LogP contribution < -0.4 is 11.4 Å². The molecule has 1 aromatic carbocycles. The van der Waals surface area contributed by atoms with E-state index in [1.807, 2.05) is 0 Å². The summed E-state index contributed by atoms with van der Waals surface area (Å²) in [6, 6.07) is 6.95. The standard InChI is InChI=1S/C12H13N3O4/c13-8-3-1-7(2-4-8)5-9-11(18)15(6-10(16)17)12(19)14-9/h1-4,18H,5-6,13H2,(H,14,19)(H,16,17). The number of rotatable bonds is 4. The Bertz CT molecular complexity index is 655. The molecule has 7 nitrogen and oxygen atoms in total. The Morgan fingerprint density at radius 2 is 1.95 bits per heavy atom. The molecular weight excluding hydrogens is 250 g/mol. The van der Waals surface area contributed by atoms with Gasteiger partial charge in [0.25, 0.3) is 0 Å². The molecule has 0 bridgehead atoms. The molecule has 0 unspecified atom stereocenters. The zero-order valence-corrected chi connectivity index (χ0v) is 9.96. The Balaban J connectivity index is 2.29. The Labute approximate surface area is 107 Å². The van der Waals surface area contributed by atoms with Crippen LogP contribution in [0.4, 0.5) is 5.69 Å². The smallest absolute Gasteiger partial charge is 0.329 e. The number of aliphatic carboxylic acids is 1. The van der Waals surface area contributed by atoms with Gasteiger partial charge in [0.15, 0.2) is 0 Å². The summed E-state index contributed by atoms with van der Waals surface area (Å²) in [5.41, 5.74) is 6.64. The molecule has 5 N–H and O–H groups in total. The maximum Gasteiger partial charge on any atom is 0.329 e. The van der Waals surface area contributed by atoms with Gasteiger partial charge < -0.3 is 20.9 Å². The fraction of sp³-hybridized carbons (Fsp3) is 0.167. The van der Waals surface area contributed by atoms with Crippen molar-refractivity contribution in [3.63, 3.8) is 0 Å². The number of nitrogens with zero attached hydrogens (tertiary/aromatic N) is 1. The van der Waals surface area contributed by atoms with Crippen LogP contribution in [0.3, 0.4) is 0 Å². The number of carboxylic acids is 1. The fourth-order valence-electron chi connectivity index (χ4n) is 1.76. The lowest BCUT2D eigenvalue weighted by Gasteiger charge is -2.02. The SMILES string of the molecule is Nc1ccc(Cc2[nH]c(=O)n(CC(=O)O)c2O)cc1. The predicted molar refractivity (Wildman–Crippen MR) is 68.0 cm³/mol. The topological polar surface area (TPSA) is 121 Å². The average molecular weight is 263 g/mol. The van der Waals surface area contributed by atoms with Gasteiger partial charge in [0.1, 0.15) is 6.54 Å². The molecule has 0 aliphatic heterocycles. The molecule has 0 atom stereocenters. The number of H-pyrrole nitrogens is 1. The van der Waals surface area contributed by atoms with Crippen molar-refractivity contribution in [2.24, 2.45) is 0 Å². The maximum absolute atomic E-state index is 11.5. The van der Waals surface area contributed by atoms with E-state index in [0.717, 1.165) is 10.1 Å². The molecule has 0 saturated heterocycles. The number of aromatic nitrogens is 2. The van der Waals surface area contributed by atoms with E-state index in [9.17, 15) is 14.7 Å². The summed E-state index contributed by atoms with van der Waals surface area (Å²) in [5.74, 6) is -1.56. The number of aromatic hydroxyl groups is 1. The minimum Gasteiger partial charge on any atom is -0.493 e. The largest absolute Gasteiger partial charge is 0.493 e. The molecule has 0 aliphatic carbocycles. The number of nitrogen functional groups attached to an aromatic ring is 1. The summed E-state index contributed by atoms with van der Waals surface area (Å²) < 4.78 is 0.773. The lowest BCUT2D eigenvalue weighted by molar-refractivity contribution is -0.137. The number of aromatic amines is 1. The molecule has 1 heterocycles. The number of hydrogen-bond acceptors (Lipinski definition) is 4. The predicted octanol–water partition coefficient (Wildman–Crippen LogP) is 0.140. The minimum absolute atomic E-state index is 0.274. The molecule has 1 aromatic heterocycles. The summed E-state index contributed by atoms with van der Waals surface area (Å²) >= 11 is 0. The van der Waals surface area contributed by atoms with Crippen LogP contribution in [0.15, 0.2) is 29.1 Å². The molecule has 0 amide bonds. The number of carboxylic acid groups (broad SMARTS) is 1. The van der Waals surface area contributed by atoms with Gasteiger partial charge in [0.2, 0.25) is 5.88 Å². The van der Waals surface area contributed by atoms with Crippen molar-refractivity contribution in [2.45, 2.75) is 13.0 Å². The lowest BCUT2D eigenvalue weighted by atomic mass is 10.1. The summed E-state index contributed by atoms with van der Waals surface area (Å²) in [5, 5.41) is 18.5. The van der Waals surface area contributed by atoms with Gasteiger partial charge in [-0.05, 0) is 17.7 Å². The van der Waals surface area contributed by atoms with Crippen molar-refractivity contribution >= 4 is 11.7 Å². The van der Waals surface area contributed by atoms with Gasteiger partial charge in [-0.2, -0.15) is 0 Å². The molecule has 0 fully saturated rings. The van der Waals surface area contributed by atoms with E-state index < -0.39 is 18.2 Å². The highest BCUT2D eigenvalue weighted by Crippen LogP contribution is 2.17. The third-order valence-corrected chi connectivity index (χ3v) is 2.68. The molecule has 0 aliphatic rings. The van der Waals surface area contributed by atoms with Crippen molar-refractivity contribution in [1.29, 1.82) is 0 Å². The first kappa shape index (κ1) is 12.7. The maximum atomic E-state index is 11.5. The number of nitrogens with two attached hydrogens (primary N) is 1. The zero-order valence-electron chi connectivity index (χ0n) is 9.96. The summed E-state index contributed by atoms with van der Waals surface area (Å²) in [7, 11) is 0. The number of anilines is 1. The molecule has 19 heavy (non-hydrogen) atoms. The van der Waals surface area contributed by atoms with Crippen LogP contribution in [0.1, 0.15) is 11.3 Å². The normalized spacial score (nSPS) is 10.5. The van der Waals surface area contributed by atoms with E-state index in [0.29, 0.717) is 5.69 Å². The van der Waals surface area contributed by atoms with Crippen molar-refractivity contribution < 1.29 is 15.0 Å². The summed E-state index contributed by atoms with van der Waals surface area (Å²) in [6.45, 7) is -0.580. The van der Waals surface area contributed by atoms with Crippen LogP contribution in [0.25, 0.3) is 0 Å². The van der Waals surface area contributed by atoms with E-state index in [1.165, 1.54) is 0 Å². The van der Waals surface area contributed by atoms with Gasteiger partial charge in [-0.25, -0.2) is 4.79 Å². The number of hydrogen-bond donors (Lipinski definition) is 4. The van der Waals surface area contributed by atoms with Crippen LogP contribution in [0.5, 0.6) is 5.88 Å². The average Bonchev–Trinajstić information content (AvgIpc) is 2.60. The molecular formula is C12H13N3O4. The lowest BCUT2D eigenvalue weighted by Crippen LogP contribution is -2.21. The van der Waals surface area contributed by atoms with E-state index >= 15 is 0 Å². The summed E-state index contributed by atoms with van der Waals surface area (Å²) in [4.78, 5) is 24.5. The third-order valence-electron chi connectivity index (χ3n) is 2.68. The van der Waals surface area contributed by atoms with Crippen molar-refractivity contribution in [1.82, 2.24) is 9.55 Å². The Morgan fingerprint density at radius 3 is 2.53 bits per heavy atom. The van der Waals surface area contributed by atoms with Gasteiger partial charge in [-0.3, -0.25) is 9.36 Å². The molecule has 2 aromatic rings. The van der Waals surface area contributed by atoms with Gasteiger partial charge in [0.05, 0.1) is 5.69 Å². The highest BCUT2D eigenvalue weighted by molar-refractivity contribution is 5.66. The van der Waals surface area contributed by atoms with E-state index in [4.69, 9.17) is 10.8 Å². The zero-order chi connectivity index (χ0) is 14.0. The number of benzene rings is 1. The number of imidazole rings is 1. The molecule has 0 radical (unpaired) electrons.